The third-order valence-corrected chi connectivity index (χ3v) is 4.39. The van der Waals surface area contributed by atoms with Crippen molar-refractivity contribution >= 4 is 22.9 Å². The molecule has 126 valence electrons. The fourth-order valence-electron chi connectivity index (χ4n) is 2.85. The summed E-state index contributed by atoms with van der Waals surface area (Å²) < 4.78 is 5.69. The first-order chi connectivity index (χ1) is 12.1. The van der Waals surface area contributed by atoms with Gasteiger partial charge >= 0.3 is 0 Å². The molecule has 1 saturated carbocycles. The SMILES string of the molecule is C[C@@H]1C[C@@H]1c1ccc(/C=N\NC(=O)c2n[nH]c(=O)c3ccccc23)o1. The number of hydrogen-bond acceptors (Lipinski definition) is 5. The number of aromatic amines is 1. The molecule has 7 heteroatoms. The number of benzene rings is 1. The molecule has 0 unspecified atom stereocenters. The van der Waals surface area contributed by atoms with Gasteiger partial charge in [-0.3, -0.25) is 9.59 Å². The van der Waals surface area contributed by atoms with Gasteiger partial charge in [0, 0.05) is 11.3 Å². The van der Waals surface area contributed by atoms with Crippen LogP contribution in [0, 0.1) is 5.92 Å². The molecule has 2 aromatic heterocycles. The van der Waals surface area contributed by atoms with Crippen LogP contribution in [0.4, 0.5) is 0 Å². The minimum Gasteiger partial charge on any atom is -0.460 e. The largest absolute Gasteiger partial charge is 0.460 e. The highest BCUT2D eigenvalue weighted by Gasteiger charge is 2.36. The molecule has 0 saturated heterocycles. The highest BCUT2D eigenvalue weighted by atomic mass is 16.3. The molecule has 2 heterocycles. The summed E-state index contributed by atoms with van der Waals surface area (Å²) in [5.74, 6) is 2.18. The van der Waals surface area contributed by atoms with E-state index in [1.165, 1.54) is 6.21 Å². The van der Waals surface area contributed by atoms with E-state index in [-0.39, 0.29) is 11.3 Å². The highest BCUT2D eigenvalue weighted by molar-refractivity contribution is 6.04. The number of furan rings is 1. The number of nitrogens with zero attached hydrogens (tertiary/aromatic N) is 2. The van der Waals surface area contributed by atoms with Crippen molar-refractivity contribution in [3.8, 4) is 0 Å². The molecular formula is C18H16N4O3. The van der Waals surface area contributed by atoms with E-state index >= 15 is 0 Å². The summed E-state index contributed by atoms with van der Waals surface area (Å²) in [6.07, 6.45) is 2.59. The average Bonchev–Trinajstić information content (AvgIpc) is 3.16. The second-order valence-electron chi connectivity index (χ2n) is 6.21. The Kier molecular flexibility index (Phi) is 3.68. The predicted molar refractivity (Wildman–Crippen MR) is 92.7 cm³/mol. The van der Waals surface area contributed by atoms with Crippen molar-refractivity contribution in [2.45, 2.75) is 19.3 Å². The maximum absolute atomic E-state index is 12.3. The smallest absolute Gasteiger partial charge is 0.292 e. The van der Waals surface area contributed by atoms with Crippen molar-refractivity contribution in [3.63, 3.8) is 0 Å². The first-order valence-electron chi connectivity index (χ1n) is 8.04. The summed E-state index contributed by atoms with van der Waals surface area (Å²) in [6.45, 7) is 2.18. The lowest BCUT2D eigenvalue weighted by molar-refractivity contribution is 0.0951. The zero-order chi connectivity index (χ0) is 17.4. The Hall–Kier alpha value is -3.22. The second-order valence-corrected chi connectivity index (χ2v) is 6.21. The highest BCUT2D eigenvalue weighted by Crippen LogP contribution is 2.47. The molecule has 1 fully saturated rings. The Balaban J connectivity index is 1.50. The number of aromatic nitrogens is 2. The van der Waals surface area contributed by atoms with Gasteiger partial charge in [0.25, 0.3) is 11.5 Å². The Morgan fingerprint density at radius 3 is 2.84 bits per heavy atom. The van der Waals surface area contributed by atoms with E-state index in [0.717, 1.165) is 12.2 Å². The van der Waals surface area contributed by atoms with Gasteiger partial charge in [0.05, 0.1) is 11.6 Å². The van der Waals surface area contributed by atoms with Crippen LogP contribution in [0.25, 0.3) is 10.8 Å². The number of carbonyl (C=O) groups excluding carboxylic acids is 1. The predicted octanol–water partition coefficient (Wildman–Crippen LogP) is 2.40. The molecule has 2 atom stereocenters. The van der Waals surface area contributed by atoms with Gasteiger partial charge in [0.15, 0.2) is 5.69 Å². The van der Waals surface area contributed by atoms with Crippen molar-refractivity contribution in [2.24, 2.45) is 11.0 Å². The van der Waals surface area contributed by atoms with Crippen LogP contribution >= 0.6 is 0 Å². The van der Waals surface area contributed by atoms with Crippen molar-refractivity contribution in [2.75, 3.05) is 0 Å². The lowest BCUT2D eigenvalue weighted by Gasteiger charge is -2.02. The van der Waals surface area contributed by atoms with Gasteiger partial charge in [-0.2, -0.15) is 10.2 Å². The fourth-order valence-corrected chi connectivity index (χ4v) is 2.85. The lowest BCUT2D eigenvalue weighted by atomic mass is 10.1. The van der Waals surface area contributed by atoms with Crippen LogP contribution in [0.3, 0.4) is 0 Å². The van der Waals surface area contributed by atoms with Crippen molar-refractivity contribution in [3.05, 3.63) is 64.0 Å². The summed E-state index contributed by atoms with van der Waals surface area (Å²) in [4.78, 5) is 24.0. The van der Waals surface area contributed by atoms with Crippen molar-refractivity contribution in [1.82, 2.24) is 15.6 Å². The summed E-state index contributed by atoms with van der Waals surface area (Å²) in [5.41, 5.74) is 2.18. The van der Waals surface area contributed by atoms with Gasteiger partial charge in [-0.25, -0.2) is 10.5 Å². The number of carbonyl (C=O) groups is 1. The molecule has 1 amide bonds. The van der Waals surface area contributed by atoms with Gasteiger partial charge in [-0.15, -0.1) is 0 Å². The zero-order valence-electron chi connectivity index (χ0n) is 13.5. The lowest BCUT2D eigenvalue weighted by Crippen LogP contribution is -2.22. The molecule has 0 radical (unpaired) electrons. The Morgan fingerprint density at radius 1 is 1.32 bits per heavy atom. The molecule has 2 N–H and O–H groups in total. The van der Waals surface area contributed by atoms with E-state index in [1.54, 1.807) is 24.3 Å². The maximum Gasteiger partial charge on any atom is 0.292 e. The molecule has 1 aliphatic rings. The Labute approximate surface area is 142 Å². The van der Waals surface area contributed by atoms with Crippen molar-refractivity contribution in [1.29, 1.82) is 0 Å². The van der Waals surface area contributed by atoms with Crippen LogP contribution in [0.1, 0.15) is 41.3 Å². The molecule has 25 heavy (non-hydrogen) atoms. The van der Waals surface area contributed by atoms with E-state index < -0.39 is 5.91 Å². The van der Waals surface area contributed by atoms with E-state index in [0.29, 0.717) is 28.4 Å². The minimum atomic E-state index is -0.508. The van der Waals surface area contributed by atoms with Gasteiger partial charge < -0.3 is 4.42 Å². The van der Waals surface area contributed by atoms with Crippen LogP contribution in [0.15, 0.2) is 50.7 Å². The number of rotatable bonds is 4. The number of hydrogen-bond donors (Lipinski definition) is 2. The first kappa shape index (κ1) is 15.3. The molecule has 3 aromatic rings. The van der Waals surface area contributed by atoms with Crippen LogP contribution in [-0.4, -0.2) is 22.3 Å². The zero-order valence-corrected chi connectivity index (χ0v) is 13.5. The Bertz CT molecular complexity index is 1030. The van der Waals surface area contributed by atoms with E-state index in [2.05, 4.69) is 27.6 Å². The van der Waals surface area contributed by atoms with Gasteiger partial charge in [0.1, 0.15) is 11.5 Å². The quantitative estimate of drug-likeness (QED) is 0.564. The fraction of sp³-hybridized carbons (Fsp3) is 0.222. The molecular weight excluding hydrogens is 320 g/mol. The number of nitrogens with one attached hydrogen (secondary N) is 2. The van der Waals surface area contributed by atoms with E-state index in [9.17, 15) is 9.59 Å². The summed E-state index contributed by atoms with van der Waals surface area (Å²) in [5, 5.41) is 10.9. The maximum atomic E-state index is 12.3. The Morgan fingerprint density at radius 2 is 2.08 bits per heavy atom. The minimum absolute atomic E-state index is 0.110. The molecule has 7 nitrogen and oxygen atoms in total. The van der Waals surface area contributed by atoms with Gasteiger partial charge in [-0.1, -0.05) is 25.1 Å². The van der Waals surface area contributed by atoms with Crippen LogP contribution < -0.4 is 11.0 Å². The average molecular weight is 336 g/mol. The second kappa shape index (κ2) is 6.01. The van der Waals surface area contributed by atoms with Crippen LogP contribution in [0.2, 0.25) is 0 Å². The third-order valence-electron chi connectivity index (χ3n) is 4.39. The monoisotopic (exact) mass is 336 g/mol. The van der Waals surface area contributed by atoms with Gasteiger partial charge in [-0.05, 0) is 30.5 Å². The van der Waals surface area contributed by atoms with Gasteiger partial charge in [0.2, 0.25) is 0 Å². The summed E-state index contributed by atoms with van der Waals surface area (Å²) in [6, 6.07) is 10.5. The summed E-state index contributed by atoms with van der Waals surface area (Å²) >= 11 is 0. The summed E-state index contributed by atoms with van der Waals surface area (Å²) in [7, 11) is 0. The normalized spacial score (nSPS) is 19.4. The standard InChI is InChI=1S/C18H16N4O3/c1-10-8-14(10)15-7-6-11(25-15)9-19-21-18(24)16-12-4-2-3-5-13(12)17(23)22-20-16/h2-7,9-10,14H,8H2,1H3,(H,21,24)(H,22,23)/b19-9-/t10-,14+/m1/s1. The number of amides is 1. The molecule has 4 rings (SSSR count). The van der Waals surface area contributed by atoms with Crippen LogP contribution in [0.5, 0.6) is 0 Å². The third kappa shape index (κ3) is 2.96. The molecule has 0 aliphatic heterocycles. The first-order valence-corrected chi connectivity index (χ1v) is 8.04. The molecule has 0 bridgehead atoms. The number of hydrazone groups is 1. The van der Waals surface area contributed by atoms with Crippen molar-refractivity contribution < 1.29 is 9.21 Å². The van der Waals surface area contributed by atoms with E-state index in [4.69, 9.17) is 4.42 Å². The molecule has 0 spiro atoms. The number of H-pyrrole nitrogens is 1. The number of fused-ring (bicyclic) bond motifs is 1. The van der Waals surface area contributed by atoms with E-state index in [1.807, 2.05) is 12.1 Å². The van der Waals surface area contributed by atoms with Crippen LogP contribution in [-0.2, 0) is 0 Å². The molecule has 1 aliphatic carbocycles. The topological polar surface area (TPSA) is 100 Å². The molecule has 1 aromatic carbocycles.